The van der Waals surface area contributed by atoms with E-state index in [1.165, 1.54) is 113 Å². The van der Waals surface area contributed by atoms with Crippen LogP contribution in [0.5, 0.6) is 0 Å². The Hall–Kier alpha value is -0.630. The quantitative estimate of drug-likeness (QED) is 0.127. The van der Waals surface area contributed by atoms with Gasteiger partial charge in [0.1, 0.15) is 0 Å². The summed E-state index contributed by atoms with van der Waals surface area (Å²) >= 11 is 0. The summed E-state index contributed by atoms with van der Waals surface area (Å²) in [6.45, 7) is 6.32. The van der Waals surface area contributed by atoms with Gasteiger partial charge >= 0.3 is 5.78 Å². The first-order valence-electron chi connectivity index (χ1n) is 12.5. The third-order valence-electron chi connectivity index (χ3n) is 6.17. The van der Waals surface area contributed by atoms with Gasteiger partial charge in [-0.25, -0.2) is 0 Å². The highest BCUT2D eigenvalue weighted by atomic mass is 32.2. The standard InChI is InChI=1S/C27H48OS/c1-5-6-7-8-9-10-11-12-13-14-15-16-17-18-19-20-21-29(4)26-22-24(2)27(28)25(3)23-26/h22-23H,5-21H2,1-4H3/p+1. The Morgan fingerprint density at radius 1 is 0.621 bits per heavy atom. The first-order chi connectivity index (χ1) is 14.1. The molecule has 0 aromatic carbocycles. The average molecular weight is 422 g/mol. The van der Waals surface area contributed by atoms with E-state index in [-0.39, 0.29) is 0 Å². The average Bonchev–Trinajstić information content (AvgIpc) is 2.71. The molecule has 1 aliphatic carbocycles. The van der Waals surface area contributed by atoms with Crippen molar-refractivity contribution >= 4 is 21.1 Å². The van der Waals surface area contributed by atoms with Crippen LogP contribution in [0.4, 0.5) is 0 Å². The third-order valence-corrected chi connectivity index (χ3v) is 8.11. The molecule has 0 bridgehead atoms. The maximum Gasteiger partial charge on any atom is 0.345 e. The van der Waals surface area contributed by atoms with Crippen molar-refractivity contribution in [3.05, 3.63) is 23.3 Å². The van der Waals surface area contributed by atoms with E-state index in [1.807, 2.05) is 13.8 Å². The maximum atomic E-state index is 9.94. The van der Waals surface area contributed by atoms with Crippen LogP contribution in [0.1, 0.15) is 124 Å². The fraction of sp³-hybridized carbons (Fsp3) is 0.778. The van der Waals surface area contributed by atoms with Crippen molar-refractivity contribution in [1.82, 2.24) is 0 Å². The van der Waals surface area contributed by atoms with E-state index in [0.717, 1.165) is 11.1 Å². The van der Waals surface area contributed by atoms with Crippen molar-refractivity contribution in [2.24, 2.45) is 0 Å². The molecule has 29 heavy (non-hydrogen) atoms. The normalized spacial score (nSPS) is 15.4. The number of hydrogen-bond donors (Lipinski definition) is 0. The van der Waals surface area contributed by atoms with Gasteiger partial charge in [-0.1, -0.05) is 103 Å². The number of ketones is 1. The highest BCUT2D eigenvalue weighted by Gasteiger charge is 2.19. The molecule has 1 nitrogen and oxygen atoms in total. The summed E-state index contributed by atoms with van der Waals surface area (Å²) in [5.74, 6) is 1.76. The minimum atomic E-state index is 0.309. The van der Waals surface area contributed by atoms with Gasteiger partial charge in [0.05, 0.1) is 11.1 Å². The lowest BCUT2D eigenvalue weighted by atomic mass is 9.99. The molecule has 1 aliphatic rings. The Bertz CT molecular complexity index is 529. The highest BCUT2D eigenvalue weighted by Crippen LogP contribution is 2.22. The van der Waals surface area contributed by atoms with E-state index in [9.17, 15) is 4.79 Å². The fourth-order valence-electron chi connectivity index (χ4n) is 4.10. The molecule has 0 amide bonds. The van der Waals surface area contributed by atoms with Crippen molar-refractivity contribution < 1.29 is 4.79 Å². The lowest BCUT2D eigenvalue weighted by molar-refractivity contribution is 0.532. The second-order valence-electron chi connectivity index (χ2n) is 9.05. The minimum Gasteiger partial charge on any atom is -0.273 e. The van der Waals surface area contributed by atoms with Crippen LogP contribution < -0.4 is 0 Å². The highest BCUT2D eigenvalue weighted by molar-refractivity contribution is 8.15. The van der Waals surface area contributed by atoms with E-state index < -0.39 is 0 Å². The summed E-state index contributed by atoms with van der Waals surface area (Å²) in [7, 11) is 0.309. The Morgan fingerprint density at radius 2 is 0.966 bits per heavy atom. The molecule has 0 radical (unpaired) electrons. The predicted molar refractivity (Wildman–Crippen MR) is 137 cm³/mol. The molecule has 0 aromatic heterocycles. The van der Waals surface area contributed by atoms with Crippen LogP contribution in [0.2, 0.25) is 0 Å². The Morgan fingerprint density at radius 3 is 1.34 bits per heavy atom. The molecular weight excluding hydrogens is 372 g/mol. The summed E-state index contributed by atoms with van der Waals surface area (Å²) in [6.07, 6.45) is 29.6. The molecular formula is C27H49OS+. The summed E-state index contributed by atoms with van der Waals surface area (Å²) in [5.41, 5.74) is 2.04. The van der Waals surface area contributed by atoms with E-state index in [2.05, 4.69) is 25.3 Å². The van der Waals surface area contributed by atoms with Crippen LogP contribution in [-0.2, 0) is 0 Å². The smallest absolute Gasteiger partial charge is 0.273 e. The zero-order valence-electron chi connectivity index (χ0n) is 20.0. The molecule has 1 N–H and O–H groups in total. The lowest BCUT2D eigenvalue weighted by Gasteiger charge is -2.11. The lowest BCUT2D eigenvalue weighted by Crippen LogP contribution is -2.11. The minimum absolute atomic E-state index is 0.309. The first-order valence-corrected chi connectivity index (χ1v) is 14.3. The van der Waals surface area contributed by atoms with Gasteiger partial charge in [0, 0.05) is 0 Å². The van der Waals surface area contributed by atoms with Crippen molar-refractivity contribution in [3.8, 4) is 0 Å². The molecule has 1 atom stereocenters. The molecule has 0 spiro atoms. The summed E-state index contributed by atoms with van der Waals surface area (Å²) < 4.78 is 0. The van der Waals surface area contributed by atoms with Crippen molar-refractivity contribution in [2.45, 2.75) is 124 Å². The SMILES string of the molecule is CCCCCCCCCCCCCCCCCCS(C)=C1C=C(C)C(=[OH+])C(C)=C1. The third kappa shape index (κ3) is 12.6. The number of carbonyl (C=O) groups excluding carboxylic acids is 1. The molecule has 168 valence electrons. The zero-order valence-corrected chi connectivity index (χ0v) is 20.8. The van der Waals surface area contributed by atoms with Gasteiger partial charge in [0.15, 0.2) is 0 Å². The Kier molecular flexibility index (Phi) is 15.6. The monoisotopic (exact) mass is 421 g/mol. The summed E-state index contributed by atoms with van der Waals surface area (Å²) in [4.78, 5) is 11.4. The molecule has 1 unspecified atom stereocenters. The largest absolute Gasteiger partial charge is 0.345 e. The van der Waals surface area contributed by atoms with Crippen molar-refractivity contribution in [3.63, 3.8) is 0 Å². The molecule has 0 aromatic rings. The van der Waals surface area contributed by atoms with Gasteiger partial charge < -0.3 is 0 Å². The topological polar surface area (TPSA) is 21.4 Å². The fourth-order valence-corrected chi connectivity index (χ4v) is 5.73. The first kappa shape index (κ1) is 26.4. The van der Waals surface area contributed by atoms with E-state index in [1.54, 1.807) is 0 Å². The second-order valence-corrected chi connectivity index (χ2v) is 11.2. The van der Waals surface area contributed by atoms with E-state index in [0.29, 0.717) is 16.3 Å². The van der Waals surface area contributed by atoms with Crippen LogP contribution in [0, 0.1) is 0 Å². The zero-order chi connectivity index (χ0) is 21.3. The Labute approximate surface area is 184 Å². The Balaban J connectivity index is 1.93. The molecule has 0 fully saturated rings. The predicted octanol–water partition coefficient (Wildman–Crippen LogP) is 8.77. The summed E-state index contributed by atoms with van der Waals surface area (Å²) in [6, 6.07) is 0. The maximum absolute atomic E-state index is 9.94. The van der Waals surface area contributed by atoms with Gasteiger partial charge in [0.2, 0.25) is 0 Å². The van der Waals surface area contributed by atoms with Gasteiger partial charge in [0.25, 0.3) is 0 Å². The van der Waals surface area contributed by atoms with Gasteiger partial charge in [-0.15, -0.1) is 0 Å². The molecule has 0 aliphatic heterocycles. The molecule has 0 heterocycles. The van der Waals surface area contributed by atoms with Crippen molar-refractivity contribution in [2.75, 3.05) is 12.0 Å². The van der Waals surface area contributed by atoms with Crippen LogP contribution in [0.3, 0.4) is 0 Å². The summed E-state index contributed by atoms with van der Waals surface area (Å²) in [5, 5.41) is 0. The van der Waals surface area contributed by atoms with Gasteiger partial charge in [-0.05, 0) is 49.3 Å². The van der Waals surface area contributed by atoms with Crippen LogP contribution in [0.15, 0.2) is 23.3 Å². The number of unbranched alkanes of at least 4 members (excludes halogenated alkanes) is 15. The number of rotatable bonds is 17. The molecule has 0 saturated carbocycles. The number of hydrogen-bond acceptors (Lipinski definition) is 0. The molecule has 2 heteroatoms. The van der Waals surface area contributed by atoms with Crippen LogP contribution in [-0.4, -0.2) is 27.5 Å². The van der Waals surface area contributed by atoms with Gasteiger partial charge in [-0.2, -0.15) is 10.5 Å². The molecule has 1 rings (SSSR count). The van der Waals surface area contributed by atoms with E-state index in [4.69, 9.17) is 0 Å². The van der Waals surface area contributed by atoms with Gasteiger partial charge in [-0.3, -0.25) is 4.79 Å². The van der Waals surface area contributed by atoms with Crippen molar-refractivity contribution in [1.29, 1.82) is 0 Å². The van der Waals surface area contributed by atoms with E-state index >= 15 is 0 Å². The second kappa shape index (κ2) is 17.1. The van der Waals surface area contributed by atoms with Crippen LogP contribution >= 0.6 is 10.5 Å². The van der Waals surface area contributed by atoms with Crippen LogP contribution in [0.25, 0.3) is 0 Å². The number of allylic oxidation sites excluding steroid dienone is 4. The molecule has 0 saturated heterocycles.